The highest BCUT2D eigenvalue weighted by atomic mass is 16.8. The molecule has 0 aromatic heterocycles. The van der Waals surface area contributed by atoms with Gasteiger partial charge in [0.05, 0.1) is 6.61 Å². The third-order valence-corrected chi connectivity index (χ3v) is 2.47. The van der Waals surface area contributed by atoms with Crippen molar-refractivity contribution < 1.29 is 18.9 Å². The second kappa shape index (κ2) is 3.20. The Bertz CT molecular complexity index is 282. The van der Waals surface area contributed by atoms with Crippen LogP contribution in [0.1, 0.15) is 27.7 Å². The molecule has 0 unspecified atom stereocenters. The molecule has 4 nitrogen and oxygen atoms in total. The van der Waals surface area contributed by atoms with Gasteiger partial charge in [0, 0.05) is 13.8 Å². The molecule has 0 saturated carbocycles. The molecule has 0 spiro atoms. The maximum atomic E-state index is 5.71. The van der Waals surface area contributed by atoms with Crippen LogP contribution in [-0.4, -0.2) is 30.4 Å². The summed E-state index contributed by atoms with van der Waals surface area (Å²) in [5.41, 5.74) is 0. The molecule has 0 radical (unpaired) electrons. The van der Waals surface area contributed by atoms with Crippen LogP contribution in [0.5, 0.6) is 0 Å². The summed E-state index contributed by atoms with van der Waals surface area (Å²) in [5.74, 6) is -0.537. The largest absolute Gasteiger partial charge is 0.465 e. The molecule has 2 saturated heterocycles. The van der Waals surface area contributed by atoms with Gasteiger partial charge in [-0.1, -0.05) is 6.58 Å². The predicted molar refractivity (Wildman–Crippen MR) is 54.1 cm³/mol. The van der Waals surface area contributed by atoms with Crippen molar-refractivity contribution in [2.24, 2.45) is 0 Å². The van der Waals surface area contributed by atoms with Crippen molar-refractivity contribution >= 4 is 0 Å². The highest BCUT2D eigenvalue weighted by Gasteiger charge is 2.46. The van der Waals surface area contributed by atoms with E-state index >= 15 is 0 Å². The minimum atomic E-state index is -0.613. The van der Waals surface area contributed by atoms with E-state index in [9.17, 15) is 0 Å². The Morgan fingerprint density at radius 1 is 1.13 bits per heavy atom. The van der Waals surface area contributed by atoms with Crippen molar-refractivity contribution in [1.29, 1.82) is 0 Å². The highest BCUT2D eigenvalue weighted by molar-refractivity contribution is 5.04. The van der Waals surface area contributed by atoms with E-state index in [0.29, 0.717) is 12.4 Å². The van der Waals surface area contributed by atoms with Gasteiger partial charge in [-0.2, -0.15) is 0 Å². The van der Waals surface area contributed by atoms with Gasteiger partial charge in [-0.15, -0.1) is 0 Å². The highest BCUT2D eigenvalue weighted by Crippen LogP contribution is 2.36. The first-order chi connectivity index (χ1) is 6.79. The minimum absolute atomic E-state index is 0.130. The molecule has 0 aromatic carbocycles. The van der Waals surface area contributed by atoms with Crippen LogP contribution in [0.25, 0.3) is 0 Å². The zero-order valence-electron chi connectivity index (χ0n) is 9.70. The van der Waals surface area contributed by atoms with Crippen LogP contribution in [0.3, 0.4) is 0 Å². The first-order valence-electron chi connectivity index (χ1n) is 5.16. The maximum absolute atomic E-state index is 5.71. The summed E-state index contributed by atoms with van der Waals surface area (Å²) in [5, 5.41) is 0. The summed E-state index contributed by atoms with van der Waals surface area (Å²) in [6, 6.07) is 0. The van der Waals surface area contributed by atoms with Crippen LogP contribution < -0.4 is 0 Å². The fourth-order valence-electron chi connectivity index (χ4n) is 1.92. The molecule has 0 bridgehead atoms. The fraction of sp³-hybridized carbons (Fsp3) is 0.818. The fourth-order valence-corrected chi connectivity index (χ4v) is 1.92. The van der Waals surface area contributed by atoms with E-state index in [4.69, 9.17) is 18.9 Å². The van der Waals surface area contributed by atoms with E-state index in [1.165, 1.54) is 0 Å². The molecule has 2 heterocycles. The van der Waals surface area contributed by atoms with Gasteiger partial charge in [0.2, 0.25) is 5.79 Å². The SMILES string of the molecule is C=C1OC(C)(C)O[C@H]1[C@H]1COC(C)(C)O1. The summed E-state index contributed by atoms with van der Waals surface area (Å²) in [7, 11) is 0. The van der Waals surface area contributed by atoms with Crippen LogP contribution in [0.2, 0.25) is 0 Å². The second-order valence-corrected chi connectivity index (χ2v) is 4.87. The van der Waals surface area contributed by atoms with Crippen LogP contribution in [0.4, 0.5) is 0 Å². The number of ether oxygens (including phenoxy) is 4. The van der Waals surface area contributed by atoms with Crippen molar-refractivity contribution in [3.8, 4) is 0 Å². The maximum Gasteiger partial charge on any atom is 0.205 e. The smallest absolute Gasteiger partial charge is 0.205 e. The normalized spacial score (nSPS) is 38.0. The average molecular weight is 214 g/mol. The van der Waals surface area contributed by atoms with Crippen molar-refractivity contribution in [2.45, 2.75) is 51.5 Å². The van der Waals surface area contributed by atoms with Crippen molar-refractivity contribution in [2.75, 3.05) is 6.61 Å². The quantitative estimate of drug-likeness (QED) is 0.667. The lowest BCUT2D eigenvalue weighted by atomic mass is 10.2. The molecule has 86 valence electrons. The second-order valence-electron chi connectivity index (χ2n) is 4.87. The standard InChI is InChI=1S/C11H18O4/c1-7-9(15-11(4,5)13-7)8-6-12-10(2,3)14-8/h8-9H,1,6H2,2-5H3/t8-,9-/m1/s1. The lowest BCUT2D eigenvalue weighted by Gasteiger charge is -2.20. The van der Waals surface area contributed by atoms with Gasteiger partial charge in [-0.25, -0.2) is 0 Å². The molecule has 0 N–H and O–H groups in total. The molecule has 2 fully saturated rings. The van der Waals surface area contributed by atoms with E-state index in [1.807, 2.05) is 27.7 Å². The van der Waals surface area contributed by atoms with Crippen LogP contribution in [0.15, 0.2) is 12.3 Å². The van der Waals surface area contributed by atoms with Crippen LogP contribution in [-0.2, 0) is 18.9 Å². The van der Waals surface area contributed by atoms with E-state index in [0.717, 1.165) is 0 Å². The molecule has 15 heavy (non-hydrogen) atoms. The van der Waals surface area contributed by atoms with E-state index < -0.39 is 11.6 Å². The Morgan fingerprint density at radius 3 is 2.20 bits per heavy atom. The Kier molecular flexibility index (Phi) is 2.33. The summed E-state index contributed by atoms with van der Waals surface area (Å²) in [4.78, 5) is 0. The Balaban J connectivity index is 2.04. The monoisotopic (exact) mass is 214 g/mol. The molecule has 4 heteroatoms. The first kappa shape index (κ1) is 10.9. The third-order valence-electron chi connectivity index (χ3n) is 2.47. The third kappa shape index (κ3) is 2.17. The molecular weight excluding hydrogens is 196 g/mol. The van der Waals surface area contributed by atoms with Crippen LogP contribution in [0, 0.1) is 0 Å². The molecule has 2 aliphatic heterocycles. The lowest BCUT2D eigenvalue weighted by Crippen LogP contribution is -2.33. The Hall–Kier alpha value is -0.580. The van der Waals surface area contributed by atoms with Crippen molar-refractivity contribution in [3.63, 3.8) is 0 Å². The number of hydrogen-bond acceptors (Lipinski definition) is 4. The van der Waals surface area contributed by atoms with Gasteiger partial charge < -0.3 is 18.9 Å². The molecule has 0 aliphatic carbocycles. The minimum Gasteiger partial charge on any atom is -0.465 e. The van der Waals surface area contributed by atoms with Gasteiger partial charge in [-0.05, 0) is 13.8 Å². The predicted octanol–water partition coefficient (Wildman–Crippen LogP) is 1.80. The van der Waals surface area contributed by atoms with Crippen molar-refractivity contribution in [3.05, 3.63) is 12.3 Å². The number of rotatable bonds is 1. The molecular formula is C11H18O4. The summed E-state index contributed by atoms with van der Waals surface area (Å²) in [6.07, 6.45) is -0.365. The van der Waals surface area contributed by atoms with Gasteiger partial charge in [-0.3, -0.25) is 0 Å². The zero-order valence-corrected chi connectivity index (χ0v) is 9.70. The summed E-state index contributed by atoms with van der Waals surface area (Å²) in [6.45, 7) is 11.8. The van der Waals surface area contributed by atoms with Gasteiger partial charge in [0.1, 0.15) is 18.0 Å². The van der Waals surface area contributed by atoms with E-state index in [1.54, 1.807) is 0 Å². The van der Waals surface area contributed by atoms with Crippen molar-refractivity contribution in [1.82, 2.24) is 0 Å². The molecule has 0 aromatic rings. The first-order valence-corrected chi connectivity index (χ1v) is 5.16. The topological polar surface area (TPSA) is 36.9 Å². The zero-order chi connectivity index (χ0) is 11.3. The van der Waals surface area contributed by atoms with Gasteiger partial charge in [0.15, 0.2) is 5.79 Å². The van der Waals surface area contributed by atoms with E-state index in [-0.39, 0.29) is 12.2 Å². The van der Waals surface area contributed by atoms with Crippen LogP contribution >= 0.6 is 0 Å². The summed E-state index contributed by atoms with van der Waals surface area (Å²) >= 11 is 0. The molecule has 2 rings (SSSR count). The molecule has 2 atom stereocenters. The molecule has 0 amide bonds. The van der Waals surface area contributed by atoms with Gasteiger partial charge in [0.25, 0.3) is 0 Å². The number of hydrogen-bond donors (Lipinski definition) is 0. The Morgan fingerprint density at radius 2 is 1.80 bits per heavy atom. The molecule has 2 aliphatic rings. The van der Waals surface area contributed by atoms with E-state index in [2.05, 4.69) is 6.58 Å². The Labute approximate surface area is 90.1 Å². The summed E-state index contributed by atoms with van der Waals surface area (Å²) < 4.78 is 22.4. The van der Waals surface area contributed by atoms with Gasteiger partial charge >= 0.3 is 0 Å². The lowest BCUT2D eigenvalue weighted by molar-refractivity contribution is -0.174. The average Bonchev–Trinajstić information content (AvgIpc) is 2.51.